The third kappa shape index (κ3) is 1.70. The van der Waals surface area contributed by atoms with Gasteiger partial charge < -0.3 is 5.11 Å². The Hall–Kier alpha value is -0.600. The second kappa shape index (κ2) is 2.80. The molecular formula is C8H9ClO2. The molecule has 1 unspecified atom stereocenters. The van der Waals surface area contributed by atoms with E-state index in [9.17, 15) is 9.90 Å². The van der Waals surface area contributed by atoms with Crippen molar-refractivity contribution in [3.05, 3.63) is 23.8 Å². The van der Waals surface area contributed by atoms with E-state index in [0.717, 1.165) is 0 Å². The van der Waals surface area contributed by atoms with Crippen LogP contribution < -0.4 is 0 Å². The van der Waals surface area contributed by atoms with Gasteiger partial charge in [0.05, 0.1) is 10.6 Å². The number of halogens is 1. The van der Waals surface area contributed by atoms with Crippen LogP contribution in [0.5, 0.6) is 0 Å². The van der Waals surface area contributed by atoms with Crippen molar-refractivity contribution in [3.63, 3.8) is 0 Å². The van der Waals surface area contributed by atoms with Crippen LogP contribution in [0, 0.1) is 0 Å². The van der Waals surface area contributed by atoms with Gasteiger partial charge in [-0.25, -0.2) is 0 Å². The van der Waals surface area contributed by atoms with Crippen molar-refractivity contribution in [1.82, 2.24) is 0 Å². The van der Waals surface area contributed by atoms with Crippen molar-refractivity contribution in [1.29, 1.82) is 0 Å². The number of hydrogen-bond acceptors (Lipinski definition) is 2. The molecular weight excluding hydrogens is 164 g/mol. The summed E-state index contributed by atoms with van der Waals surface area (Å²) in [5.41, 5.74) is -1.07. The quantitative estimate of drug-likeness (QED) is 0.640. The minimum Gasteiger partial charge on any atom is -0.385 e. The Balaban J connectivity index is 2.78. The molecule has 3 heteroatoms. The molecule has 60 valence electrons. The molecule has 0 fully saturated rings. The SMILES string of the molecule is C=CCC1(O)C=C(Cl)C(=O)C1. The molecule has 0 aromatic rings. The highest BCUT2D eigenvalue weighted by Gasteiger charge is 2.34. The number of carbonyl (C=O) groups is 1. The van der Waals surface area contributed by atoms with Gasteiger partial charge in [-0.05, 0) is 12.5 Å². The van der Waals surface area contributed by atoms with Gasteiger partial charge in [0.1, 0.15) is 0 Å². The van der Waals surface area contributed by atoms with Gasteiger partial charge >= 0.3 is 0 Å². The maximum atomic E-state index is 10.9. The van der Waals surface area contributed by atoms with E-state index in [4.69, 9.17) is 11.6 Å². The van der Waals surface area contributed by atoms with E-state index in [0.29, 0.717) is 6.42 Å². The Morgan fingerprint density at radius 2 is 2.55 bits per heavy atom. The van der Waals surface area contributed by atoms with Crippen LogP contribution in [0.1, 0.15) is 12.8 Å². The number of Topliss-reactive ketones (excluding diaryl/α,β-unsaturated/α-hetero) is 1. The van der Waals surface area contributed by atoms with Crippen molar-refractivity contribution in [2.24, 2.45) is 0 Å². The molecule has 0 saturated carbocycles. The fourth-order valence-electron chi connectivity index (χ4n) is 1.11. The number of carbonyl (C=O) groups excluding carboxylic acids is 1. The molecule has 0 bridgehead atoms. The highest BCUT2D eigenvalue weighted by molar-refractivity contribution is 6.43. The van der Waals surface area contributed by atoms with Gasteiger partial charge in [0.15, 0.2) is 5.78 Å². The third-order valence-corrected chi connectivity index (χ3v) is 1.95. The molecule has 1 N–H and O–H groups in total. The molecule has 0 spiro atoms. The summed E-state index contributed by atoms with van der Waals surface area (Å²) in [7, 11) is 0. The Kier molecular flexibility index (Phi) is 2.16. The maximum Gasteiger partial charge on any atom is 0.177 e. The number of allylic oxidation sites excluding steroid dienone is 1. The summed E-state index contributed by atoms with van der Waals surface area (Å²) in [6.07, 6.45) is 3.41. The minimum absolute atomic E-state index is 0.0812. The van der Waals surface area contributed by atoms with E-state index < -0.39 is 5.60 Å². The lowest BCUT2D eigenvalue weighted by Crippen LogP contribution is -2.22. The molecule has 0 saturated heterocycles. The lowest BCUT2D eigenvalue weighted by atomic mass is 9.99. The van der Waals surface area contributed by atoms with Crippen molar-refractivity contribution in [2.75, 3.05) is 0 Å². The van der Waals surface area contributed by atoms with Crippen molar-refractivity contribution in [3.8, 4) is 0 Å². The molecule has 0 aromatic heterocycles. The summed E-state index contributed by atoms with van der Waals surface area (Å²) in [4.78, 5) is 10.9. The highest BCUT2D eigenvalue weighted by atomic mass is 35.5. The molecule has 1 rings (SSSR count). The second-order valence-electron chi connectivity index (χ2n) is 2.69. The van der Waals surface area contributed by atoms with Crippen molar-refractivity contribution in [2.45, 2.75) is 18.4 Å². The van der Waals surface area contributed by atoms with E-state index in [1.165, 1.54) is 6.08 Å². The number of hydrogen-bond donors (Lipinski definition) is 1. The molecule has 0 aromatic carbocycles. The van der Waals surface area contributed by atoms with Gasteiger partial charge in [-0.2, -0.15) is 0 Å². The zero-order chi connectivity index (χ0) is 8.48. The zero-order valence-electron chi connectivity index (χ0n) is 6.01. The van der Waals surface area contributed by atoms with Crippen LogP contribution in [-0.4, -0.2) is 16.5 Å². The van der Waals surface area contributed by atoms with E-state index in [2.05, 4.69) is 6.58 Å². The van der Waals surface area contributed by atoms with E-state index in [1.54, 1.807) is 6.08 Å². The van der Waals surface area contributed by atoms with Gasteiger partial charge in [-0.1, -0.05) is 17.7 Å². The Morgan fingerprint density at radius 3 is 2.91 bits per heavy atom. The first-order valence-corrected chi connectivity index (χ1v) is 3.70. The number of aliphatic hydroxyl groups is 1. The largest absolute Gasteiger partial charge is 0.385 e. The van der Waals surface area contributed by atoms with E-state index in [1.807, 2.05) is 0 Å². The van der Waals surface area contributed by atoms with Crippen LogP contribution >= 0.6 is 11.6 Å². The fourth-order valence-corrected chi connectivity index (χ4v) is 1.38. The molecule has 0 heterocycles. The Morgan fingerprint density at radius 1 is 1.91 bits per heavy atom. The average molecular weight is 173 g/mol. The maximum absolute atomic E-state index is 10.9. The van der Waals surface area contributed by atoms with Gasteiger partial charge in [0, 0.05) is 6.42 Å². The highest BCUT2D eigenvalue weighted by Crippen LogP contribution is 2.30. The first-order chi connectivity index (χ1) is 5.07. The molecule has 11 heavy (non-hydrogen) atoms. The fraction of sp³-hybridized carbons (Fsp3) is 0.375. The lowest BCUT2D eigenvalue weighted by Gasteiger charge is -2.15. The van der Waals surface area contributed by atoms with E-state index in [-0.39, 0.29) is 17.2 Å². The summed E-state index contributed by atoms with van der Waals surface area (Å²) in [6.45, 7) is 3.48. The number of rotatable bonds is 2. The zero-order valence-corrected chi connectivity index (χ0v) is 6.77. The molecule has 0 amide bonds. The summed E-state index contributed by atoms with van der Waals surface area (Å²) in [5, 5.41) is 9.71. The first-order valence-electron chi connectivity index (χ1n) is 3.32. The van der Waals surface area contributed by atoms with Crippen LogP contribution in [0.15, 0.2) is 23.8 Å². The van der Waals surface area contributed by atoms with Crippen LogP contribution in [0.2, 0.25) is 0 Å². The molecule has 0 aliphatic heterocycles. The molecule has 1 atom stereocenters. The smallest absolute Gasteiger partial charge is 0.177 e. The summed E-state index contributed by atoms with van der Waals surface area (Å²) < 4.78 is 0. The van der Waals surface area contributed by atoms with Crippen LogP contribution in [-0.2, 0) is 4.79 Å². The van der Waals surface area contributed by atoms with Crippen molar-refractivity contribution >= 4 is 17.4 Å². The standard InChI is InChI=1S/C8H9ClO2/c1-2-3-8(11)4-6(9)7(10)5-8/h2,4,11H,1,3,5H2. The van der Waals surface area contributed by atoms with Crippen molar-refractivity contribution < 1.29 is 9.90 Å². The minimum atomic E-state index is -1.07. The molecule has 1 aliphatic carbocycles. The topological polar surface area (TPSA) is 37.3 Å². The lowest BCUT2D eigenvalue weighted by molar-refractivity contribution is -0.116. The van der Waals surface area contributed by atoms with Crippen LogP contribution in [0.4, 0.5) is 0 Å². The van der Waals surface area contributed by atoms with E-state index >= 15 is 0 Å². The summed E-state index contributed by atoms with van der Waals surface area (Å²) in [5.74, 6) is -0.198. The van der Waals surface area contributed by atoms with Gasteiger partial charge in [-0.3, -0.25) is 4.79 Å². The predicted octanol–water partition coefficient (Wildman–Crippen LogP) is 1.39. The first kappa shape index (κ1) is 8.50. The van der Waals surface area contributed by atoms with Gasteiger partial charge in [-0.15, -0.1) is 6.58 Å². The molecule has 2 nitrogen and oxygen atoms in total. The average Bonchev–Trinajstić information content (AvgIpc) is 2.08. The van der Waals surface area contributed by atoms with Gasteiger partial charge in [0.2, 0.25) is 0 Å². The predicted molar refractivity (Wildman–Crippen MR) is 43.3 cm³/mol. The summed E-state index contributed by atoms with van der Waals surface area (Å²) in [6, 6.07) is 0. The summed E-state index contributed by atoms with van der Waals surface area (Å²) >= 11 is 5.50. The monoisotopic (exact) mass is 172 g/mol. The number of ketones is 1. The molecule has 1 aliphatic rings. The third-order valence-electron chi connectivity index (χ3n) is 1.63. The van der Waals surface area contributed by atoms with Gasteiger partial charge in [0.25, 0.3) is 0 Å². The molecule has 0 radical (unpaired) electrons. The van der Waals surface area contributed by atoms with Crippen LogP contribution in [0.3, 0.4) is 0 Å². The Labute approximate surface area is 70.2 Å². The van der Waals surface area contributed by atoms with Crippen LogP contribution in [0.25, 0.3) is 0 Å². The normalized spacial score (nSPS) is 30.4. The Bertz CT molecular complexity index is 232. The second-order valence-corrected chi connectivity index (χ2v) is 3.10.